The first-order chi connectivity index (χ1) is 73.0. The lowest BCUT2D eigenvalue weighted by Crippen LogP contribution is -2.18. The average molecular weight is 1980 g/mol. The molecular weight excluding hydrogens is 1850 g/mol. The second-order valence-corrected chi connectivity index (χ2v) is 36.7. The first-order valence-corrected chi connectivity index (χ1v) is 50.6. The molecule has 18 aromatic rings. The van der Waals surface area contributed by atoms with E-state index in [1.807, 2.05) is 382 Å². The number of aryl methyl sites for hydroxylation is 5. The zero-order chi connectivity index (χ0) is 106. The molecule has 0 saturated carbocycles. The highest BCUT2D eigenvalue weighted by Crippen LogP contribution is 2.33. The molecule has 6 aromatic heterocycles. The Morgan fingerprint density at radius 3 is 0.813 bits per heavy atom. The van der Waals surface area contributed by atoms with E-state index in [9.17, 15) is 28.8 Å². The maximum atomic E-state index is 12.7. The summed E-state index contributed by atoms with van der Waals surface area (Å²) in [6.07, 6.45) is 32.6. The summed E-state index contributed by atoms with van der Waals surface area (Å²) in [4.78, 5) is 111. The van der Waals surface area contributed by atoms with Gasteiger partial charge in [0.05, 0.1) is 71.3 Å². The monoisotopic (exact) mass is 1980 g/mol. The van der Waals surface area contributed by atoms with Gasteiger partial charge < -0.3 is 29.8 Å². The molecule has 18 rings (SSSR count). The van der Waals surface area contributed by atoms with Crippen LogP contribution in [-0.4, -0.2) is 98.3 Å². The molecule has 0 fully saturated rings. The molecule has 0 spiro atoms. The van der Waals surface area contributed by atoms with Crippen molar-refractivity contribution in [3.63, 3.8) is 0 Å². The lowest BCUT2D eigenvalue weighted by molar-refractivity contribution is 0.0984. The zero-order valence-corrected chi connectivity index (χ0v) is 87.0. The Kier molecular flexibility index (Phi) is 41.5. The molecule has 0 aliphatic carbocycles. The molecule has 150 heavy (non-hydrogen) atoms. The van der Waals surface area contributed by atoms with E-state index in [2.05, 4.69) is 136 Å². The number of rotatable bonds is 36. The molecule has 6 heterocycles. The van der Waals surface area contributed by atoms with E-state index in [1.54, 1.807) is 55.5 Å². The number of benzene rings is 12. The Hall–Kier alpha value is -18.1. The van der Waals surface area contributed by atoms with E-state index in [0.717, 1.165) is 202 Å². The number of carbonyl (C=O) groups excluding carboxylic acids is 6. The number of aromatic nitrogens is 6. The molecule has 0 radical (unpaired) electrons. The molecule has 0 bridgehead atoms. The van der Waals surface area contributed by atoms with Crippen LogP contribution >= 0.6 is 0 Å². The molecule has 12 aromatic carbocycles. The Balaban J connectivity index is 0.000000150. The summed E-state index contributed by atoms with van der Waals surface area (Å²) in [5.74, 6) is 3.33. The van der Waals surface area contributed by atoms with Crippen molar-refractivity contribution >= 4 is 103 Å². The minimum atomic E-state index is 0.0540. The number of pyridine rings is 6. The topological polar surface area (TPSA) is 208 Å². The third-order valence-corrected chi connectivity index (χ3v) is 24.8. The van der Waals surface area contributed by atoms with Crippen LogP contribution in [0.3, 0.4) is 0 Å². The molecule has 0 aliphatic rings. The molecule has 752 valence electrons. The Labute approximate surface area is 883 Å². The van der Waals surface area contributed by atoms with Gasteiger partial charge in [0, 0.05) is 183 Å². The number of unbranched alkanes of at least 4 members (excludes halogenated alkanes) is 1. The number of Topliss-reactive ketones (excluding diaryl/α,β-unsaturated/α-hetero) is 6. The largest absolute Gasteiger partial charge is 0.354 e. The van der Waals surface area contributed by atoms with Gasteiger partial charge in [0.1, 0.15) is 0 Å². The molecule has 0 saturated heterocycles. The highest BCUT2D eigenvalue weighted by atomic mass is 16.1. The summed E-state index contributed by atoms with van der Waals surface area (Å²) < 4.78 is 0. The van der Waals surface area contributed by atoms with Gasteiger partial charge in [-0.3, -0.25) is 58.7 Å². The molecule has 0 amide bonds. The first kappa shape index (κ1) is 109. The highest BCUT2D eigenvalue weighted by molar-refractivity contribution is 6.01. The van der Waals surface area contributed by atoms with E-state index >= 15 is 0 Å². The lowest BCUT2D eigenvalue weighted by Gasteiger charge is -2.25. The van der Waals surface area contributed by atoms with Gasteiger partial charge in [0.2, 0.25) is 0 Å². The fourth-order valence-corrected chi connectivity index (χ4v) is 17.0. The van der Waals surface area contributed by atoms with Crippen molar-refractivity contribution in [1.82, 2.24) is 29.9 Å². The predicted molar refractivity (Wildman–Crippen MR) is 614 cm³/mol. The Bertz CT molecular complexity index is 7500. The molecule has 0 aliphatic heterocycles. The van der Waals surface area contributed by atoms with Gasteiger partial charge in [-0.05, 0) is 276 Å². The Morgan fingerprint density at radius 2 is 0.513 bits per heavy atom. The third kappa shape index (κ3) is 33.8. The van der Waals surface area contributed by atoms with E-state index in [-0.39, 0.29) is 34.7 Å². The molecular formula is C132H128N12O6. The average Bonchev–Trinajstić information content (AvgIpc) is 0.834. The molecule has 0 unspecified atom stereocenters. The van der Waals surface area contributed by atoms with Crippen LogP contribution in [0.1, 0.15) is 169 Å². The summed E-state index contributed by atoms with van der Waals surface area (Å²) >= 11 is 0. The van der Waals surface area contributed by atoms with Crippen LogP contribution in [0.25, 0.3) is 0 Å². The van der Waals surface area contributed by atoms with Crippen LogP contribution in [0.4, 0.5) is 68.2 Å². The van der Waals surface area contributed by atoms with Gasteiger partial charge in [-0.1, -0.05) is 230 Å². The SMILES string of the molecule is C#Cc1cccc(C(=O)Cc2cccc(N(C)c3cccnc3)c2)c1.CCCCN(c1cccnc1)c1cccc(CC(=O)c2cccc(C)c2)c1.CCCN(c1cccnc1)c1cccc(CC(=O)c2cccc(C)c2)c1.CCN(c1cccnc1)c1cccc(CC(=O)c2cccc(C)c2)c1.Cc1cccc(C(=O)Cc2cccc(N(C)c3cccnc3)c2)c1.Cc1cccc(C(=O)Cc2cccc(Nc3cccnc3)c2)c1. The number of carbonyl (C=O) groups is 6. The summed E-state index contributed by atoms with van der Waals surface area (Å²) in [6.45, 7) is 19.1. The summed E-state index contributed by atoms with van der Waals surface area (Å²) in [5.41, 5.74) is 29.2. The van der Waals surface area contributed by atoms with Crippen molar-refractivity contribution in [3.8, 4) is 12.3 Å². The van der Waals surface area contributed by atoms with Crippen LogP contribution in [0.15, 0.2) is 438 Å². The van der Waals surface area contributed by atoms with Gasteiger partial charge in [0.25, 0.3) is 0 Å². The minimum Gasteiger partial charge on any atom is -0.354 e. The standard InChI is InChI=1S/C24H26N2O.C23H24N2O.C22H18N2O.C22H22N2O.C21H20N2O.C20H18N2O/c1-3-4-14-26(23-12-7-13-25-18-23)22-11-6-9-20(16-22)17-24(27)21-10-5-8-19(2)15-21;1-3-13-25(22-11-6-12-24-17-22)21-10-5-8-19(15-21)16-23(26)20-9-4-7-18(2)14-20;1-3-17-7-4-9-19(13-17)22(25)15-18-8-5-10-20(14-18)24(2)21-11-6-12-23-16-21;1-3-24(21-11-6-12-23-16-21)20-10-5-8-18(14-20)15-22(25)19-9-4-7-17(2)13-19;1-16-6-3-8-18(12-16)21(24)14-17-7-4-9-19(13-17)23(2)20-10-5-11-22-15-20;1-15-5-2-7-17(11-15)20(23)13-16-6-3-8-18(12-16)22-19-9-4-10-21-14-19/h5-13,15-16,18H,3-4,14,17H2,1-2H3;4-12,14-15,17H,3,13,16H2,1-2H3;1,4-14,16H,15H2,2H3;4-14,16H,3,15H2,1-2H3;3-13,15H,14H2,1-2H3;2-12,14,22H,13H2,1H3. The normalized spacial score (nSPS) is 10.4. The van der Waals surface area contributed by atoms with Gasteiger partial charge in [-0.25, -0.2) is 0 Å². The quantitative estimate of drug-likeness (QED) is 0.0286. The number of terminal acetylenes is 1. The van der Waals surface area contributed by atoms with Crippen molar-refractivity contribution in [2.24, 2.45) is 0 Å². The van der Waals surface area contributed by atoms with E-state index in [0.29, 0.717) is 44.1 Å². The van der Waals surface area contributed by atoms with Crippen molar-refractivity contribution in [1.29, 1.82) is 0 Å². The van der Waals surface area contributed by atoms with E-state index in [4.69, 9.17) is 6.42 Å². The van der Waals surface area contributed by atoms with Crippen LogP contribution in [-0.2, 0) is 38.5 Å². The minimum absolute atomic E-state index is 0.0540. The maximum absolute atomic E-state index is 12.7. The second kappa shape index (κ2) is 57.0. The summed E-state index contributed by atoms with van der Waals surface area (Å²) in [5, 5.41) is 3.29. The van der Waals surface area contributed by atoms with E-state index < -0.39 is 0 Å². The summed E-state index contributed by atoms with van der Waals surface area (Å²) in [6, 6.07) is 118. The maximum Gasteiger partial charge on any atom is 0.167 e. The second-order valence-electron chi connectivity index (χ2n) is 36.7. The molecule has 18 heteroatoms. The van der Waals surface area contributed by atoms with Gasteiger partial charge >= 0.3 is 0 Å². The number of nitrogens with one attached hydrogen (secondary N) is 1. The number of hydrogen-bond acceptors (Lipinski definition) is 18. The molecule has 0 atom stereocenters. The van der Waals surface area contributed by atoms with Crippen LogP contribution in [0.5, 0.6) is 0 Å². The van der Waals surface area contributed by atoms with Crippen LogP contribution in [0, 0.1) is 47.0 Å². The third-order valence-electron chi connectivity index (χ3n) is 24.8. The molecule has 18 nitrogen and oxygen atoms in total. The number of anilines is 12. The van der Waals surface area contributed by atoms with Crippen molar-refractivity contribution in [3.05, 3.63) is 538 Å². The van der Waals surface area contributed by atoms with Crippen molar-refractivity contribution in [2.75, 3.05) is 63.5 Å². The summed E-state index contributed by atoms with van der Waals surface area (Å²) in [7, 11) is 3.98. The van der Waals surface area contributed by atoms with Crippen molar-refractivity contribution < 1.29 is 28.8 Å². The van der Waals surface area contributed by atoms with Crippen LogP contribution < -0.4 is 29.8 Å². The lowest BCUT2D eigenvalue weighted by atomic mass is 10.0. The van der Waals surface area contributed by atoms with Crippen molar-refractivity contribution in [2.45, 2.75) is 113 Å². The highest BCUT2D eigenvalue weighted by Gasteiger charge is 2.20. The van der Waals surface area contributed by atoms with Crippen LogP contribution in [0.2, 0.25) is 0 Å². The van der Waals surface area contributed by atoms with Gasteiger partial charge in [-0.2, -0.15) is 0 Å². The number of ketones is 6. The van der Waals surface area contributed by atoms with E-state index in [1.165, 1.54) is 0 Å². The number of hydrogen-bond donors (Lipinski definition) is 1. The van der Waals surface area contributed by atoms with Gasteiger partial charge in [-0.15, -0.1) is 6.42 Å². The van der Waals surface area contributed by atoms with Gasteiger partial charge in [0.15, 0.2) is 34.7 Å². The number of nitrogens with zero attached hydrogens (tertiary/aromatic N) is 11. The molecule has 1 N–H and O–H groups in total. The first-order valence-electron chi connectivity index (χ1n) is 50.6. The predicted octanol–water partition coefficient (Wildman–Crippen LogP) is 29.5. The smallest absolute Gasteiger partial charge is 0.167 e. The fraction of sp³-hybridized carbons (Fsp3) is 0.167. The fourth-order valence-electron chi connectivity index (χ4n) is 17.0. The Morgan fingerprint density at radius 1 is 0.253 bits per heavy atom. The zero-order valence-electron chi connectivity index (χ0n) is 87.0.